The van der Waals surface area contributed by atoms with E-state index in [2.05, 4.69) is 79.5 Å². The van der Waals surface area contributed by atoms with E-state index in [1.54, 1.807) is 48.5 Å². The number of nitrogens with one attached hydrogen (secondary N) is 1. The zero-order valence-corrected chi connectivity index (χ0v) is 38.6. The number of azo groups is 1. The Hall–Kier alpha value is -6.27. The largest absolute Gasteiger partial charge is 0.506 e. The van der Waals surface area contributed by atoms with Crippen molar-refractivity contribution in [1.82, 2.24) is 5.32 Å². The molecule has 0 bridgehead atoms. The lowest BCUT2D eigenvalue weighted by molar-refractivity contribution is 0.0948. The van der Waals surface area contributed by atoms with Crippen LogP contribution in [0.1, 0.15) is 82.3 Å². The van der Waals surface area contributed by atoms with E-state index in [4.69, 9.17) is 14.2 Å². The highest BCUT2D eigenvalue weighted by molar-refractivity contribution is 7.86. The van der Waals surface area contributed by atoms with Crippen LogP contribution in [0, 0.1) is 0 Å². The Bertz CT molecular complexity index is 2950. The fraction of sp³-hybridized carbons (Fsp3) is 0.312. The van der Waals surface area contributed by atoms with Crippen LogP contribution in [0.15, 0.2) is 118 Å². The highest BCUT2D eigenvalue weighted by Crippen LogP contribution is 2.43. The summed E-state index contributed by atoms with van der Waals surface area (Å²) in [5.74, 6) is 0.0531. The molecular formula is C48H53N3O12S2. The average Bonchev–Trinajstić information content (AvgIpc) is 3.27. The predicted octanol–water partition coefficient (Wildman–Crippen LogP) is 10.6. The number of phenolic OH excluding ortho intramolecular Hbond substituents is 1. The first-order valence-electron chi connectivity index (χ1n) is 21.0. The number of amides is 1. The lowest BCUT2D eigenvalue weighted by atomic mass is 9.76. The van der Waals surface area contributed by atoms with Gasteiger partial charge in [-0.3, -0.25) is 13.9 Å². The zero-order valence-electron chi connectivity index (χ0n) is 37.0. The van der Waals surface area contributed by atoms with Gasteiger partial charge in [-0.05, 0) is 83.5 Å². The normalized spacial score (nSPS) is 12.4. The first-order valence-corrected chi connectivity index (χ1v) is 23.8. The Morgan fingerprint density at radius 2 is 1.32 bits per heavy atom. The van der Waals surface area contributed by atoms with E-state index < -0.39 is 37.1 Å². The maximum Gasteiger partial charge on any atom is 0.446 e. The van der Waals surface area contributed by atoms with E-state index in [1.807, 2.05) is 0 Å². The molecule has 6 rings (SSSR count). The highest BCUT2D eigenvalue weighted by atomic mass is 32.3. The van der Waals surface area contributed by atoms with Crippen LogP contribution in [-0.2, 0) is 31.3 Å². The molecule has 0 atom stereocenters. The average molecular weight is 928 g/mol. The Morgan fingerprint density at radius 3 is 1.98 bits per heavy atom. The second-order valence-electron chi connectivity index (χ2n) is 16.6. The maximum atomic E-state index is 13.5. The SMILES string of the molecule is CCC(C)(C)c1ccc(OCCCNC(=O)c2cc(OCCOc3ccc(N=Nc4c(OS(=O)(=O)O)c(S(=O)(=O)O)cc5ccccc45)cc3)c3ccccc3c2O)c(C(C)(C)CC)c1. The standard InChI is InChI=1S/C48H53N3O12S2/c1-7-47(3,4)32-18-23-40(39(29-32)48(5,6)8-2)61-25-13-24-49-46(53)38-30-41(36-16-11-12-17-37(36)44(38)52)62-27-26-60-34-21-19-33(20-22-34)50-51-43-35-15-10-9-14-31(35)28-42(64(54,55)56)45(43)63-65(57,58)59/h9-12,14-23,28-30,52H,7-8,13,24-27H2,1-6H3,(H,49,53)(H,54,55,56)(H,57,58,59). The van der Waals surface area contributed by atoms with Gasteiger partial charge < -0.3 is 28.8 Å². The van der Waals surface area contributed by atoms with Crippen molar-refractivity contribution in [3.05, 3.63) is 120 Å². The van der Waals surface area contributed by atoms with Crippen LogP contribution in [0.25, 0.3) is 21.5 Å². The molecule has 4 N–H and O–H groups in total. The highest BCUT2D eigenvalue weighted by Gasteiger charge is 2.28. The quantitative estimate of drug-likeness (QED) is 0.0319. The summed E-state index contributed by atoms with van der Waals surface area (Å²) in [6, 6.07) is 28.4. The number of carbonyl (C=O) groups excluding carboxylic acids is 1. The van der Waals surface area contributed by atoms with Gasteiger partial charge in [0.2, 0.25) is 0 Å². The van der Waals surface area contributed by atoms with Crippen molar-refractivity contribution in [1.29, 1.82) is 0 Å². The minimum absolute atomic E-state index is 0.0394. The number of phenols is 1. The number of fused-ring (bicyclic) bond motifs is 2. The van der Waals surface area contributed by atoms with Gasteiger partial charge in [0, 0.05) is 28.3 Å². The van der Waals surface area contributed by atoms with Gasteiger partial charge in [-0.2, -0.15) is 21.9 Å². The molecule has 0 saturated carbocycles. The molecule has 0 aliphatic rings. The number of nitrogens with zero attached hydrogens (tertiary/aromatic N) is 2. The molecule has 0 saturated heterocycles. The van der Waals surface area contributed by atoms with E-state index in [1.165, 1.54) is 35.9 Å². The molecule has 0 radical (unpaired) electrons. The Balaban J connectivity index is 1.08. The summed E-state index contributed by atoms with van der Waals surface area (Å²) in [4.78, 5) is 12.5. The molecule has 6 aromatic rings. The summed E-state index contributed by atoms with van der Waals surface area (Å²) in [5, 5.41) is 23.7. The van der Waals surface area contributed by atoms with Crippen LogP contribution in [0.3, 0.4) is 0 Å². The monoisotopic (exact) mass is 927 g/mol. The van der Waals surface area contributed by atoms with E-state index in [0.29, 0.717) is 41.8 Å². The molecule has 17 heteroatoms. The number of carbonyl (C=O) groups is 1. The number of ether oxygens (including phenoxy) is 3. The van der Waals surface area contributed by atoms with Crippen molar-refractivity contribution in [2.45, 2.75) is 76.5 Å². The summed E-state index contributed by atoms with van der Waals surface area (Å²) in [7, 11) is -10.3. The third-order valence-electron chi connectivity index (χ3n) is 11.5. The first kappa shape index (κ1) is 48.2. The minimum Gasteiger partial charge on any atom is -0.506 e. The molecule has 344 valence electrons. The van der Waals surface area contributed by atoms with E-state index >= 15 is 0 Å². The molecule has 0 heterocycles. The third-order valence-corrected chi connectivity index (χ3v) is 12.7. The predicted molar refractivity (Wildman–Crippen MR) is 249 cm³/mol. The molecular weight excluding hydrogens is 875 g/mol. The van der Waals surface area contributed by atoms with Crippen LogP contribution in [0.2, 0.25) is 0 Å². The van der Waals surface area contributed by atoms with Crippen molar-refractivity contribution in [2.24, 2.45) is 10.2 Å². The topological polar surface area (TPSA) is 220 Å². The van der Waals surface area contributed by atoms with Crippen LogP contribution < -0.4 is 23.7 Å². The Morgan fingerprint density at radius 1 is 0.692 bits per heavy atom. The van der Waals surface area contributed by atoms with Crippen LogP contribution in [-0.4, -0.2) is 63.3 Å². The van der Waals surface area contributed by atoms with Gasteiger partial charge in [0.15, 0.2) is 5.75 Å². The number of hydrogen-bond donors (Lipinski definition) is 4. The molecule has 0 aliphatic carbocycles. The smallest absolute Gasteiger partial charge is 0.446 e. The zero-order chi connectivity index (χ0) is 47.2. The Labute approximate surface area is 379 Å². The molecule has 0 spiro atoms. The Kier molecular flexibility index (Phi) is 14.7. The number of hydrogen-bond acceptors (Lipinski definition) is 12. The first-order chi connectivity index (χ1) is 30.7. The van der Waals surface area contributed by atoms with Gasteiger partial charge in [-0.25, -0.2) is 0 Å². The molecule has 0 unspecified atom stereocenters. The van der Waals surface area contributed by atoms with Crippen molar-refractivity contribution < 1.29 is 54.2 Å². The molecule has 65 heavy (non-hydrogen) atoms. The summed E-state index contributed by atoms with van der Waals surface area (Å²) in [5.41, 5.74) is 2.31. The van der Waals surface area contributed by atoms with Crippen LogP contribution >= 0.6 is 0 Å². The number of rotatable bonds is 20. The van der Waals surface area contributed by atoms with E-state index in [9.17, 15) is 35.8 Å². The summed E-state index contributed by atoms with van der Waals surface area (Å²) in [6.45, 7) is 14.1. The van der Waals surface area contributed by atoms with Crippen molar-refractivity contribution in [3.8, 4) is 28.7 Å². The van der Waals surface area contributed by atoms with Gasteiger partial charge in [0.05, 0.1) is 17.9 Å². The van der Waals surface area contributed by atoms with Crippen molar-refractivity contribution >= 4 is 59.3 Å². The van der Waals surface area contributed by atoms with Gasteiger partial charge >= 0.3 is 10.4 Å². The number of aromatic hydroxyl groups is 1. The lowest BCUT2D eigenvalue weighted by Gasteiger charge is -2.30. The van der Waals surface area contributed by atoms with Crippen molar-refractivity contribution in [3.63, 3.8) is 0 Å². The number of benzene rings is 6. The van der Waals surface area contributed by atoms with Gasteiger partial charge in [-0.1, -0.05) is 102 Å². The summed E-state index contributed by atoms with van der Waals surface area (Å²) in [6.07, 6.45) is 2.49. The summed E-state index contributed by atoms with van der Waals surface area (Å²) >= 11 is 0. The van der Waals surface area contributed by atoms with Crippen LogP contribution in [0.4, 0.5) is 11.4 Å². The molecule has 0 fully saturated rings. The fourth-order valence-electron chi connectivity index (χ4n) is 6.96. The van der Waals surface area contributed by atoms with Gasteiger partial charge in [0.25, 0.3) is 16.0 Å². The van der Waals surface area contributed by atoms with Gasteiger partial charge in [0.1, 0.15) is 46.8 Å². The van der Waals surface area contributed by atoms with E-state index in [-0.39, 0.29) is 57.5 Å². The summed E-state index contributed by atoms with van der Waals surface area (Å²) < 4.78 is 89.7. The van der Waals surface area contributed by atoms with Gasteiger partial charge in [-0.15, -0.1) is 5.11 Å². The lowest BCUT2D eigenvalue weighted by Crippen LogP contribution is -2.26. The molecule has 0 aliphatic heterocycles. The molecule has 0 aromatic heterocycles. The molecule has 1 amide bonds. The second kappa shape index (κ2) is 19.9. The third kappa shape index (κ3) is 11.7. The molecule has 15 nitrogen and oxygen atoms in total. The maximum absolute atomic E-state index is 13.5. The van der Waals surface area contributed by atoms with Crippen LogP contribution in [0.5, 0.6) is 28.7 Å². The van der Waals surface area contributed by atoms with Crippen molar-refractivity contribution in [2.75, 3.05) is 26.4 Å². The van der Waals surface area contributed by atoms with E-state index in [0.717, 1.165) is 30.2 Å². The fourth-order valence-corrected chi connectivity index (χ4v) is 8.04. The second-order valence-corrected chi connectivity index (χ2v) is 19.0. The molecule has 6 aromatic carbocycles. The minimum atomic E-state index is -5.25.